The van der Waals surface area contributed by atoms with Gasteiger partial charge in [-0.05, 0) is 37.8 Å². The van der Waals surface area contributed by atoms with Crippen molar-refractivity contribution in [1.29, 1.82) is 0 Å². The molecule has 1 aliphatic carbocycles. The van der Waals surface area contributed by atoms with Crippen molar-refractivity contribution in [2.45, 2.75) is 43.9 Å². The summed E-state index contributed by atoms with van der Waals surface area (Å²) < 4.78 is 14.9. The minimum Gasteiger partial charge on any atom is -0.381 e. The lowest BCUT2D eigenvalue weighted by molar-refractivity contribution is 0.00732. The Balaban J connectivity index is 1.44. The van der Waals surface area contributed by atoms with Crippen LogP contribution in [0.15, 0.2) is 36.8 Å². The third-order valence-electron chi connectivity index (χ3n) is 7.25. The zero-order valence-corrected chi connectivity index (χ0v) is 19.9. The number of pyridine rings is 1. The number of nitrogens with zero attached hydrogens (tertiary/aromatic N) is 5. The van der Waals surface area contributed by atoms with Gasteiger partial charge < -0.3 is 24.7 Å². The van der Waals surface area contributed by atoms with Crippen molar-refractivity contribution in [1.82, 2.24) is 29.5 Å². The van der Waals surface area contributed by atoms with Crippen molar-refractivity contribution in [2.24, 2.45) is 0 Å². The third-order valence-corrected chi connectivity index (χ3v) is 7.25. The molecule has 10 nitrogen and oxygen atoms in total. The first-order valence-electron chi connectivity index (χ1n) is 12.1. The summed E-state index contributed by atoms with van der Waals surface area (Å²) in [4.78, 5) is 22.8. The van der Waals surface area contributed by atoms with E-state index in [1.807, 2.05) is 25.4 Å². The third kappa shape index (κ3) is 3.73. The van der Waals surface area contributed by atoms with E-state index in [0.717, 1.165) is 67.0 Å². The van der Waals surface area contributed by atoms with Gasteiger partial charge in [0.15, 0.2) is 5.65 Å². The lowest BCUT2D eigenvalue weighted by Gasteiger charge is -2.35. The molecule has 0 spiro atoms. The van der Waals surface area contributed by atoms with Crippen LogP contribution in [0, 0.1) is 0 Å². The lowest BCUT2D eigenvalue weighted by atomic mass is 9.89. The first-order chi connectivity index (χ1) is 17.2. The largest absolute Gasteiger partial charge is 0.381 e. The van der Waals surface area contributed by atoms with E-state index in [9.17, 15) is 4.79 Å². The topological polar surface area (TPSA) is 108 Å². The van der Waals surface area contributed by atoms with Gasteiger partial charge in [-0.1, -0.05) is 0 Å². The number of nitrogens with one attached hydrogen (secondary N) is 2. The second-order valence-electron chi connectivity index (χ2n) is 9.17. The fourth-order valence-electron chi connectivity index (χ4n) is 5.13. The summed E-state index contributed by atoms with van der Waals surface area (Å²) in [7, 11) is 3.52. The normalized spacial score (nSPS) is 20.7. The highest BCUT2D eigenvalue weighted by Crippen LogP contribution is 2.35. The highest BCUT2D eigenvalue weighted by molar-refractivity contribution is 6.01. The van der Waals surface area contributed by atoms with Gasteiger partial charge >= 0.3 is 0 Å². The van der Waals surface area contributed by atoms with Crippen molar-refractivity contribution >= 4 is 28.4 Å². The molecule has 2 N–H and O–H groups in total. The Morgan fingerprint density at radius 3 is 2.80 bits per heavy atom. The molecule has 182 valence electrons. The van der Waals surface area contributed by atoms with Crippen molar-refractivity contribution < 1.29 is 14.3 Å². The predicted molar refractivity (Wildman–Crippen MR) is 132 cm³/mol. The number of amides is 1. The van der Waals surface area contributed by atoms with Gasteiger partial charge in [0.2, 0.25) is 0 Å². The van der Waals surface area contributed by atoms with Crippen LogP contribution in [-0.2, 0) is 9.47 Å². The summed E-state index contributed by atoms with van der Waals surface area (Å²) >= 11 is 0. The maximum atomic E-state index is 13.1. The number of ether oxygens (including phenoxy) is 2. The summed E-state index contributed by atoms with van der Waals surface area (Å²) in [6.07, 6.45) is 9.35. The maximum absolute atomic E-state index is 13.1. The Kier molecular flexibility index (Phi) is 5.62. The second-order valence-corrected chi connectivity index (χ2v) is 9.17. The lowest BCUT2D eigenvalue weighted by Crippen LogP contribution is -2.51. The fraction of sp³-hybridized carbons (Fsp3) is 0.440. The number of anilines is 1. The average Bonchev–Trinajstić information content (AvgIpc) is 3.49. The molecule has 0 radical (unpaired) electrons. The first kappa shape index (κ1) is 22.0. The number of rotatable bonds is 6. The smallest absolute Gasteiger partial charge is 0.257 e. The second kappa shape index (κ2) is 8.94. The van der Waals surface area contributed by atoms with Gasteiger partial charge in [0, 0.05) is 62.8 Å². The van der Waals surface area contributed by atoms with Gasteiger partial charge in [-0.25, -0.2) is 9.97 Å². The van der Waals surface area contributed by atoms with Crippen LogP contribution in [0.5, 0.6) is 0 Å². The number of fused-ring (bicyclic) bond motifs is 2. The van der Waals surface area contributed by atoms with E-state index in [2.05, 4.69) is 32.6 Å². The summed E-state index contributed by atoms with van der Waals surface area (Å²) in [6.45, 7) is 1.50. The first-order valence-corrected chi connectivity index (χ1v) is 12.1. The Hall–Kier alpha value is -3.50. The molecule has 2 aliphatic rings. The molecule has 1 amide bonds. The fourth-order valence-corrected chi connectivity index (χ4v) is 5.13. The number of hydrogen-bond acceptors (Lipinski definition) is 7. The minimum absolute atomic E-state index is 0.0120. The van der Waals surface area contributed by atoms with E-state index in [1.165, 1.54) is 0 Å². The summed E-state index contributed by atoms with van der Waals surface area (Å²) in [5.74, 6) is 0.558. The highest BCUT2D eigenvalue weighted by atomic mass is 16.5. The van der Waals surface area contributed by atoms with Crippen molar-refractivity contribution in [3.8, 4) is 11.3 Å². The molecule has 1 unspecified atom stereocenters. The molecule has 6 rings (SSSR count). The predicted octanol–water partition coefficient (Wildman–Crippen LogP) is 3.05. The van der Waals surface area contributed by atoms with E-state index in [1.54, 1.807) is 17.8 Å². The summed E-state index contributed by atoms with van der Waals surface area (Å²) in [6, 6.07) is 6.32. The van der Waals surface area contributed by atoms with Crippen molar-refractivity contribution in [3.63, 3.8) is 0 Å². The number of hydrogen-bond donors (Lipinski definition) is 2. The molecule has 2 fully saturated rings. The molecular weight excluding hydrogens is 446 g/mol. The highest BCUT2D eigenvalue weighted by Gasteiger charge is 2.33. The van der Waals surface area contributed by atoms with Crippen LogP contribution < -0.4 is 10.6 Å². The molecular formula is C25H29N7O3. The molecule has 1 aliphatic heterocycles. The zero-order chi connectivity index (χ0) is 23.9. The van der Waals surface area contributed by atoms with Crippen LogP contribution in [-0.4, -0.2) is 69.6 Å². The SMILES string of the molecule is CNc1cc(-c2cn(C3CCOCC3)c3ncccc23)nc2c(C(=O)NC3CC[C@H]3OC)cnn12. The van der Waals surface area contributed by atoms with Gasteiger partial charge in [0.1, 0.15) is 17.0 Å². The van der Waals surface area contributed by atoms with Gasteiger partial charge in [-0.2, -0.15) is 9.61 Å². The number of methoxy groups -OCH3 is 1. The Labute approximate surface area is 202 Å². The zero-order valence-electron chi connectivity index (χ0n) is 19.9. The molecule has 35 heavy (non-hydrogen) atoms. The molecule has 4 aromatic heterocycles. The van der Waals surface area contributed by atoms with Crippen molar-refractivity contribution in [2.75, 3.05) is 32.7 Å². The van der Waals surface area contributed by atoms with E-state index >= 15 is 0 Å². The van der Waals surface area contributed by atoms with Crippen LogP contribution in [0.1, 0.15) is 42.1 Å². The molecule has 10 heteroatoms. The molecule has 0 bridgehead atoms. The van der Waals surface area contributed by atoms with Crippen LogP contribution in [0.25, 0.3) is 27.9 Å². The van der Waals surface area contributed by atoms with Gasteiger partial charge in [-0.3, -0.25) is 4.79 Å². The van der Waals surface area contributed by atoms with Crippen LogP contribution in [0.2, 0.25) is 0 Å². The Bertz CT molecular complexity index is 1390. The quantitative estimate of drug-likeness (QED) is 0.441. The number of aromatic nitrogens is 5. The minimum atomic E-state index is -0.190. The van der Waals surface area contributed by atoms with E-state index < -0.39 is 0 Å². The molecule has 1 saturated heterocycles. The van der Waals surface area contributed by atoms with Gasteiger partial charge in [0.25, 0.3) is 5.91 Å². The molecule has 0 aromatic carbocycles. The van der Waals surface area contributed by atoms with Gasteiger partial charge in [0.05, 0.1) is 24.0 Å². The Morgan fingerprint density at radius 2 is 2.06 bits per heavy atom. The standard InChI is InChI=1S/C25H29N7O3/c1-26-22-12-20(18-14-31(15-7-10-35-11-8-15)23-16(18)4-3-9-27-23)29-24-17(13-28-32(22)24)25(33)30-19-5-6-21(19)34-2/h3-4,9,12-15,19,21,26H,5-8,10-11H2,1-2H3,(H,30,33)/t19?,21-/m1/s1. The summed E-state index contributed by atoms with van der Waals surface area (Å²) in [5.41, 5.74) is 3.62. The van der Waals surface area contributed by atoms with Crippen LogP contribution in [0.4, 0.5) is 5.82 Å². The van der Waals surface area contributed by atoms with Gasteiger partial charge in [-0.15, -0.1) is 0 Å². The molecule has 2 atom stereocenters. The number of carbonyl (C=O) groups excluding carboxylic acids is 1. The Morgan fingerprint density at radius 1 is 1.20 bits per heavy atom. The van der Waals surface area contributed by atoms with E-state index in [0.29, 0.717) is 17.3 Å². The average molecular weight is 476 g/mol. The monoisotopic (exact) mass is 475 g/mol. The van der Waals surface area contributed by atoms with Crippen molar-refractivity contribution in [3.05, 3.63) is 42.4 Å². The van der Waals surface area contributed by atoms with E-state index in [4.69, 9.17) is 19.4 Å². The maximum Gasteiger partial charge on any atom is 0.257 e. The summed E-state index contributed by atoms with van der Waals surface area (Å²) in [5, 5.41) is 11.8. The molecule has 4 aromatic rings. The van der Waals surface area contributed by atoms with Crippen LogP contribution in [0.3, 0.4) is 0 Å². The number of carbonyl (C=O) groups is 1. The molecule has 1 saturated carbocycles. The van der Waals surface area contributed by atoms with E-state index in [-0.39, 0.29) is 18.1 Å². The molecule has 5 heterocycles. The van der Waals surface area contributed by atoms with Crippen LogP contribution >= 0.6 is 0 Å².